The normalized spacial score (nSPS) is 33.6. The van der Waals surface area contributed by atoms with Gasteiger partial charge in [-0.1, -0.05) is 95.6 Å². The van der Waals surface area contributed by atoms with Gasteiger partial charge in [-0.05, 0) is 23.3 Å². The van der Waals surface area contributed by atoms with Gasteiger partial charge in [0.05, 0.1) is 9.65 Å². The van der Waals surface area contributed by atoms with Gasteiger partial charge in [0.2, 0.25) is 0 Å². The second kappa shape index (κ2) is 5.61. The maximum Gasteiger partial charge on any atom is 0.0546 e. The zero-order valence-corrected chi connectivity index (χ0v) is 17.2. The number of hydrogen-bond donors (Lipinski definition) is 0. The number of halogens is 6. The van der Waals surface area contributed by atoms with E-state index in [4.69, 9.17) is 0 Å². The monoisotopic (exact) mass is 600 g/mol. The van der Waals surface area contributed by atoms with Crippen molar-refractivity contribution in [2.24, 2.45) is 0 Å². The second-order valence-electron chi connectivity index (χ2n) is 3.55. The lowest BCUT2D eigenvalue weighted by Crippen LogP contribution is -2.30. The molecule has 88 valence electrons. The summed E-state index contributed by atoms with van der Waals surface area (Å²) in [5.41, 5.74) is 2.60. The lowest BCUT2D eigenvalue weighted by molar-refractivity contribution is 0.722. The van der Waals surface area contributed by atoms with Crippen LogP contribution in [0.4, 0.5) is 0 Å². The van der Waals surface area contributed by atoms with Gasteiger partial charge >= 0.3 is 0 Å². The first-order chi connectivity index (χ1) is 7.45. The highest BCUT2D eigenvalue weighted by atomic mass is 79.9. The molecule has 0 nitrogen and oxygen atoms in total. The highest BCUT2D eigenvalue weighted by Crippen LogP contribution is 2.54. The van der Waals surface area contributed by atoms with Crippen molar-refractivity contribution in [1.29, 1.82) is 0 Å². The first-order valence-electron chi connectivity index (χ1n) is 4.49. The number of rotatable bonds is 0. The summed E-state index contributed by atoms with van der Waals surface area (Å²) in [4.78, 5) is 1.25. The molecule has 0 saturated heterocycles. The van der Waals surface area contributed by atoms with Crippen LogP contribution in [0.5, 0.6) is 0 Å². The van der Waals surface area contributed by atoms with Crippen molar-refractivity contribution in [3.8, 4) is 0 Å². The summed E-state index contributed by atoms with van der Waals surface area (Å²) in [5.74, 6) is 0. The second-order valence-corrected chi connectivity index (χ2v) is 9.35. The van der Waals surface area contributed by atoms with E-state index in [1.165, 1.54) is 11.1 Å². The molecule has 0 saturated carbocycles. The summed E-state index contributed by atoms with van der Waals surface area (Å²) in [6.45, 7) is 0. The van der Waals surface area contributed by atoms with Crippen molar-refractivity contribution in [3.05, 3.63) is 32.2 Å². The Morgan fingerprint density at radius 1 is 0.688 bits per heavy atom. The van der Waals surface area contributed by atoms with Crippen LogP contribution in [0.25, 0.3) is 0 Å². The Balaban J connectivity index is 2.67. The molecule has 0 aromatic heterocycles. The maximum atomic E-state index is 3.76. The third-order valence-electron chi connectivity index (χ3n) is 2.60. The molecule has 1 aliphatic carbocycles. The Bertz CT molecular complexity index is 379. The largest absolute Gasteiger partial charge is 0.0862 e. The average molecular weight is 606 g/mol. The SMILES string of the molecule is Brc1ccc(Br)c2c1[C@@H](Br)[C@@H](Br)[C@H](Br)[C@@H]2Br. The van der Waals surface area contributed by atoms with E-state index >= 15 is 0 Å². The molecular weight excluding hydrogens is 600 g/mol. The van der Waals surface area contributed by atoms with Gasteiger partial charge < -0.3 is 0 Å². The minimum Gasteiger partial charge on any atom is -0.0862 e. The molecule has 0 spiro atoms. The molecule has 0 unspecified atom stereocenters. The van der Waals surface area contributed by atoms with Crippen LogP contribution in [0.3, 0.4) is 0 Å². The molecule has 0 aliphatic heterocycles. The molecule has 0 heterocycles. The lowest BCUT2D eigenvalue weighted by atomic mass is 9.91. The highest BCUT2D eigenvalue weighted by molar-refractivity contribution is 9.14. The number of fused-ring (bicyclic) bond motifs is 1. The van der Waals surface area contributed by atoms with E-state index in [-0.39, 0.29) is 9.65 Å². The van der Waals surface area contributed by atoms with Crippen LogP contribution < -0.4 is 0 Å². The van der Waals surface area contributed by atoms with E-state index in [0.29, 0.717) is 9.65 Å². The van der Waals surface area contributed by atoms with Crippen molar-refractivity contribution < 1.29 is 0 Å². The first kappa shape index (κ1) is 14.5. The average Bonchev–Trinajstić information content (AvgIpc) is 2.26. The van der Waals surface area contributed by atoms with Gasteiger partial charge in [0.1, 0.15) is 0 Å². The Hall–Kier alpha value is 2.10. The molecule has 0 N–H and O–H groups in total. The predicted octanol–water partition coefficient (Wildman–Crippen LogP) is 6.62. The molecule has 0 amide bonds. The molecule has 0 fully saturated rings. The van der Waals surface area contributed by atoms with E-state index < -0.39 is 0 Å². The van der Waals surface area contributed by atoms with E-state index in [1.807, 2.05) is 0 Å². The summed E-state index contributed by atoms with van der Waals surface area (Å²) in [7, 11) is 0. The third kappa shape index (κ3) is 2.40. The molecule has 1 aliphatic rings. The van der Waals surface area contributed by atoms with Crippen LogP contribution in [0.1, 0.15) is 20.8 Å². The van der Waals surface area contributed by atoms with Gasteiger partial charge in [-0.25, -0.2) is 0 Å². The van der Waals surface area contributed by atoms with Crippen molar-refractivity contribution in [2.45, 2.75) is 19.3 Å². The van der Waals surface area contributed by atoms with Crippen molar-refractivity contribution in [2.75, 3.05) is 0 Å². The van der Waals surface area contributed by atoms with E-state index in [2.05, 4.69) is 108 Å². The molecule has 0 bridgehead atoms. The fraction of sp³-hybridized carbons (Fsp3) is 0.400. The minimum atomic E-state index is 0.285. The van der Waals surface area contributed by atoms with E-state index in [9.17, 15) is 0 Å². The molecule has 1 aromatic rings. The van der Waals surface area contributed by atoms with Crippen molar-refractivity contribution in [3.63, 3.8) is 0 Å². The van der Waals surface area contributed by atoms with Gasteiger partial charge in [0.25, 0.3) is 0 Å². The standard InChI is InChI=1S/C10H6Br6/c11-3-1-2-4(12)6-5(3)7(13)9(15)10(16)8(6)14/h1-2,7-10H/t7-,8-,9-,10-/m1/s1. The highest BCUT2D eigenvalue weighted by Gasteiger charge is 2.40. The van der Waals surface area contributed by atoms with Crippen LogP contribution in [0.2, 0.25) is 0 Å². The van der Waals surface area contributed by atoms with Crippen LogP contribution in [-0.2, 0) is 0 Å². The number of hydrogen-bond acceptors (Lipinski definition) is 0. The summed E-state index contributed by atoms with van der Waals surface area (Å²) >= 11 is 22.2. The fourth-order valence-corrected chi connectivity index (χ4v) is 7.19. The summed E-state index contributed by atoms with van der Waals surface area (Å²) in [6.07, 6.45) is 0. The van der Waals surface area contributed by atoms with Crippen LogP contribution in [-0.4, -0.2) is 9.65 Å². The van der Waals surface area contributed by atoms with Crippen LogP contribution >= 0.6 is 95.6 Å². The number of alkyl halides is 4. The smallest absolute Gasteiger partial charge is 0.0546 e. The van der Waals surface area contributed by atoms with Crippen LogP contribution in [0.15, 0.2) is 21.1 Å². The van der Waals surface area contributed by atoms with E-state index in [1.54, 1.807) is 0 Å². The maximum absolute atomic E-state index is 3.76. The van der Waals surface area contributed by atoms with Gasteiger partial charge in [0.15, 0.2) is 0 Å². The molecule has 4 atom stereocenters. The quantitative estimate of drug-likeness (QED) is 0.292. The Morgan fingerprint density at radius 3 is 1.31 bits per heavy atom. The Morgan fingerprint density at radius 2 is 1.00 bits per heavy atom. The van der Waals surface area contributed by atoms with Gasteiger partial charge in [-0.3, -0.25) is 0 Å². The molecular formula is C10H6Br6. The summed E-state index contributed by atoms with van der Waals surface area (Å²) < 4.78 is 2.28. The minimum absolute atomic E-state index is 0.285. The fourth-order valence-electron chi connectivity index (χ4n) is 1.79. The molecule has 1 aromatic carbocycles. The predicted molar refractivity (Wildman–Crippen MR) is 90.6 cm³/mol. The van der Waals surface area contributed by atoms with Crippen molar-refractivity contribution in [1.82, 2.24) is 0 Å². The van der Waals surface area contributed by atoms with Gasteiger partial charge in [-0.15, -0.1) is 0 Å². The zero-order chi connectivity index (χ0) is 12.0. The molecule has 0 radical (unpaired) electrons. The molecule has 2 rings (SSSR count). The number of benzene rings is 1. The van der Waals surface area contributed by atoms with Crippen molar-refractivity contribution >= 4 is 95.6 Å². The molecule has 6 heteroatoms. The van der Waals surface area contributed by atoms with Gasteiger partial charge in [-0.2, -0.15) is 0 Å². The summed E-state index contributed by atoms with van der Waals surface area (Å²) in [5, 5.41) is 0. The van der Waals surface area contributed by atoms with E-state index in [0.717, 1.165) is 8.95 Å². The first-order valence-corrected chi connectivity index (χ1v) is 9.74. The van der Waals surface area contributed by atoms with Crippen LogP contribution in [0, 0.1) is 0 Å². The zero-order valence-electron chi connectivity index (χ0n) is 7.73. The molecule has 16 heavy (non-hydrogen) atoms. The Labute approximate surface area is 145 Å². The Kier molecular flexibility index (Phi) is 5.09. The third-order valence-corrected chi connectivity index (χ3v) is 10.4. The topological polar surface area (TPSA) is 0 Å². The van der Waals surface area contributed by atoms with Gasteiger partial charge in [0, 0.05) is 18.6 Å². The summed E-state index contributed by atoms with van der Waals surface area (Å²) in [6, 6.07) is 4.15. The lowest BCUT2D eigenvalue weighted by Gasteiger charge is -2.35.